The maximum absolute atomic E-state index is 12.5. The number of rotatable bonds is 4. The Morgan fingerprint density at radius 3 is 2.96 bits per heavy atom. The Hall–Kier alpha value is -2.57. The molecule has 3 aromatic rings. The molecule has 1 amide bonds. The first-order valence-electron chi connectivity index (χ1n) is 8.67. The van der Waals surface area contributed by atoms with Crippen molar-refractivity contribution >= 4 is 39.9 Å². The molecule has 0 unspecified atom stereocenters. The van der Waals surface area contributed by atoms with E-state index >= 15 is 0 Å². The van der Waals surface area contributed by atoms with Crippen molar-refractivity contribution in [3.63, 3.8) is 0 Å². The smallest absolute Gasteiger partial charge is 0.230 e. The normalized spacial score (nSPS) is 14.6. The van der Waals surface area contributed by atoms with Crippen LogP contribution in [-0.2, 0) is 11.2 Å². The van der Waals surface area contributed by atoms with Gasteiger partial charge in [-0.3, -0.25) is 4.79 Å². The summed E-state index contributed by atoms with van der Waals surface area (Å²) in [6.45, 7) is 3.83. The zero-order chi connectivity index (χ0) is 17.9. The maximum atomic E-state index is 12.5. The average molecular weight is 370 g/mol. The summed E-state index contributed by atoms with van der Waals surface area (Å²) in [5, 5.41) is 7.77. The van der Waals surface area contributed by atoms with Crippen molar-refractivity contribution in [2.24, 2.45) is 0 Å². The van der Waals surface area contributed by atoms with E-state index in [-0.39, 0.29) is 12.3 Å². The molecule has 0 aliphatic carbocycles. The van der Waals surface area contributed by atoms with Crippen LogP contribution in [0.1, 0.15) is 5.56 Å². The zero-order valence-corrected chi connectivity index (χ0v) is 15.0. The summed E-state index contributed by atoms with van der Waals surface area (Å²) in [6.07, 6.45) is 3.81. The van der Waals surface area contributed by atoms with E-state index in [1.54, 1.807) is 6.20 Å². The third-order valence-corrected chi connectivity index (χ3v) is 4.90. The van der Waals surface area contributed by atoms with Gasteiger partial charge in [-0.15, -0.1) is 0 Å². The van der Waals surface area contributed by atoms with E-state index in [1.807, 2.05) is 36.5 Å². The summed E-state index contributed by atoms with van der Waals surface area (Å²) in [7, 11) is 0. The van der Waals surface area contributed by atoms with Crippen LogP contribution in [0.5, 0.6) is 0 Å². The molecule has 1 aromatic carbocycles. The molecule has 0 spiro atoms. The second-order valence-electron chi connectivity index (χ2n) is 6.34. The third kappa shape index (κ3) is 3.52. The summed E-state index contributed by atoms with van der Waals surface area (Å²) in [5.74, 6) is 0.452. The fourth-order valence-electron chi connectivity index (χ4n) is 3.31. The second-order valence-corrected chi connectivity index (χ2v) is 6.74. The first kappa shape index (κ1) is 16.9. The molecule has 1 aliphatic rings. The van der Waals surface area contributed by atoms with Crippen molar-refractivity contribution in [3.8, 4) is 0 Å². The van der Waals surface area contributed by atoms with Crippen molar-refractivity contribution in [2.45, 2.75) is 6.42 Å². The fraction of sp³-hybridized carbons (Fsp3) is 0.263. The molecule has 7 heteroatoms. The monoisotopic (exact) mass is 369 g/mol. The SMILES string of the molecule is O=C(Cc1c[nH]c2cccc(Cl)c12)Nc1cc(N2CCNCC2)ccn1. The number of benzene rings is 1. The van der Waals surface area contributed by atoms with Crippen LogP contribution in [0.3, 0.4) is 0 Å². The lowest BCUT2D eigenvalue weighted by Crippen LogP contribution is -2.43. The van der Waals surface area contributed by atoms with Gasteiger partial charge in [-0.05, 0) is 23.8 Å². The number of fused-ring (bicyclic) bond motifs is 1. The van der Waals surface area contributed by atoms with Gasteiger partial charge in [0.05, 0.1) is 11.4 Å². The number of amides is 1. The molecular formula is C19H20ClN5O. The minimum Gasteiger partial charge on any atom is -0.369 e. The van der Waals surface area contributed by atoms with Crippen LogP contribution in [-0.4, -0.2) is 42.1 Å². The highest BCUT2D eigenvalue weighted by Gasteiger charge is 2.14. The van der Waals surface area contributed by atoms with Crippen LogP contribution in [0.2, 0.25) is 5.02 Å². The number of carbonyl (C=O) groups is 1. The number of piperazine rings is 1. The van der Waals surface area contributed by atoms with E-state index in [2.05, 4.69) is 25.5 Å². The first-order valence-corrected chi connectivity index (χ1v) is 9.04. The van der Waals surface area contributed by atoms with Crippen molar-refractivity contribution in [1.82, 2.24) is 15.3 Å². The van der Waals surface area contributed by atoms with Gasteiger partial charge in [-0.1, -0.05) is 17.7 Å². The van der Waals surface area contributed by atoms with Gasteiger partial charge in [0, 0.05) is 61.2 Å². The van der Waals surface area contributed by atoms with Crippen molar-refractivity contribution in [2.75, 3.05) is 36.4 Å². The molecule has 4 rings (SSSR count). The Labute approximate surface area is 156 Å². The van der Waals surface area contributed by atoms with Crippen molar-refractivity contribution in [1.29, 1.82) is 0 Å². The standard InChI is InChI=1S/C19H20ClN5O/c20-15-2-1-3-16-19(15)13(12-23-16)10-18(26)24-17-11-14(4-5-22-17)25-8-6-21-7-9-25/h1-5,11-12,21,23H,6-10H2,(H,22,24,26). The van der Waals surface area contributed by atoms with Gasteiger partial charge in [0.15, 0.2) is 0 Å². The number of halogens is 1. The average Bonchev–Trinajstić information content (AvgIpc) is 3.07. The van der Waals surface area contributed by atoms with E-state index in [0.29, 0.717) is 10.8 Å². The first-order chi connectivity index (χ1) is 12.7. The van der Waals surface area contributed by atoms with E-state index in [9.17, 15) is 4.79 Å². The Kier molecular flexibility index (Phi) is 4.77. The van der Waals surface area contributed by atoms with Gasteiger partial charge >= 0.3 is 0 Å². The van der Waals surface area contributed by atoms with Crippen LogP contribution < -0.4 is 15.5 Å². The molecule has 0 saturated carbocycles. The molecule has 1 fully saturated rings. The molecule has 134 valence electrons. The number of aromatic amines is 1. The van der Waals surface area contributed by atoms with Gasteiger partial charge in [0.2, 0.25) is 5.91 Å². The van der Waals surface area contributed by atoms with Crippen LogP contribution in [0, 0.1) is 0 Å². The Morgan fingerprint density at radius 1 is 1.27 bits per heavy atom. The number of anilines is 2. The summed E-state index contributed by atoms with van der Waals surface area (Å²) in [6, 6.07) is 9.56. The zero-order valence-electron chi connectivity index (χ0n) is 14.3. The van der Waals surface area contributed by atoms with E-state index in [0.717, 1.165) is 48.3 Å². The molecular weight excluding hydrogens is 350 g/mol. The molecule has 1 saturated heterocycles. The second kappa shape index (κ2) is 7.35. The predicted molar refractivity (Wildman–Crippen MR) is 105 cm³/mol. The van der Waals surface area contributed by atoms with Crippen LogP contribution in [0.4, 0.5) is 11.5 Å². The summed E-state index contributed by atoms with van der Waals surface area (Å²) in [4.78, 5) is 22.2. The van der Waals surface area contributed by atoms with Crippen molar-refractivity contribution < 1.29 is 4.79 Å². The highest BCUT2D eigenvalue weighted by atomic mass is 35.5. The summed E-state index contributed by atoms with van der Waals surface area (Å²) >= 11 is 6.28. The maximum Gasteiger partial charge on any atom is 0.230 e. The molecule has 0 radical (unpaired) electrons. The number of aromatic nitrogens is 2. The summed E-state index contributed by atoms with van der Waals surface area (Å²) in [5.41, 5.74) is 2.88. The van der Waals surface area contributed by atoms with Crippen LogP contribution in [0.15, 0.2) is 42.7 Å². The number of hydrogen-bond acceptors (Lipinski definition) is 4. The molecule has 1 aliphatic heterocycles. The minimum atomic E-state index is -0.115. The fourth-order valence-corrected chi connectivity index (χ4v) is 3.61. The summed E-state index contributed by atoms with van der Waals surface area (Å²) < 4.78 is 0. The van der Waals surface area contributed by atoms with Gasteiger partial charge in [-0.2, -0.15) is 0 Å². The van der Waals surface area contributed by atoms with Crippen LogP contribution >= 0.6 is 11.6 Å². The number of carbonyl (C=O) groups excluding carboxylic acids is 1. The molecule has 0 atom stereocenters. The molecule has 3 N–H and O–H groups in total. The highest BCUT2D eigenvalue weighted by molar-refractivity contribution is 6.35. The Balaban J connectivity index is 1.48. The number of nitrogens with one attached hydrogen (secondary N) is 3. The third-order valence-electron chi connectivity index (χ3n) is 4.58. The number of nitrogens with zero attached hydrogens (tertiary/aromatic N) is 2. The lowest BCUT2D eigenvalue weighted by molar-refractivity contribution is -0.115. The Bertz CT molecular complexity index is 933. The largest absolute Gasteiger partial charge is 0.369 e. The highest BCUT2D eigenvalue weighted by Crippen LogP contribution is 2.27. The molecule has 0 bridgehead atoms. The van der Waals surface area contributed by atoms with E-state index < -0.39 is 0 Å². The van der Waals surface area contributed by atoms with Crippen molar-refractivity contribution in [3.05, 3.63) is 53.3 Å². The molecule has 2 aromatic heterocycles. The number of H-pyrrole nitrogens is 1. The van der Waals surface area contributed by atoms with Gasteiger partial charge in [0.1, 0.15) is 5.82 Å². The molecule has 26 heavy (non-hydrogen) atoms. The van der Waals surface area contributed by atoms with Gasteiger partial charge in [-0.25, -0.2) is 4.98 Å². The van der Waals surface area contributed by atoms with E-state index in [1.165, 1.54) is 0 Å². The number of pyridine rings is 1. The van der Waals surface area contributed by atoms with Gasteiger partial charge < -0.3 is 20.5 Å². The number of hydrogen-bond donors (Lipinski definition) is 3. The van der Waals surface area contributed by atoms with E-state index in [4.69, 9.17) is 11.6 Å². The minimum absolute atomic E-state index is 0.115. The van der Waals surface area contributed by atoms with Crippen LogP contribution in [0.25, 0.3) is 10.9 Å². The molecule has 6 nitrogen and oxygen atoms in total. The lowest BCUT2D eigenvalue weighted by Gasteiger charge is -2.29. The quantitative estimate of drug-likeness (QED) is 0.661. The Morgan fingerprint density at radius 2 is 2.12 bits per heavy atom. The van der Waals surface area contributed by atoms with Gasteiger partial charge in [0.25, 0.3) is 0 Å². The predicted octanol–water partition coefficient (Wildman–Crippen LogP) is 2.81. The molecule has 3 heterocycles. The topological polar surface area (TPSA) is 73.1 Å². The lowest BCUT2D eigenvalue weighted by atomic mass is 10.1.